The van der Waals surface area contributed by atoms with E-state index in [-0.39, 0.29) is 29.4 Å². The van der Waals surface area contributed by atoms with Crippen molar-refractivity contribution in [2.45, 2.75) is 12.8 Å². The molecule has 4 amide bonds. The standard InChI is InChI=1S/C43H44N4O8/c1-53-37-24-26(3-15-36(37)48)2-12-32-31-13-14-33-39(43(52)46(40(33)49)29-8-4-27(5-9-29)44-16-20-54-21-17-44)34(31)25-35-38(32)42(51)47(41(35)50)30-10-6-28(7-11-30)45-18-22-55-23-19-45/h2-13,15,24,32-35,38-39,48H,14,16-23,25H2,1H3/t32-,33-,34+,35+,38-,39-/m0/s1. The fourth-order valence-electron chi connectivity index (χ4n) is 9.64. The number of phenols is 1. The van der Waals surface area contributed by atoms with E-state index in [4.69, 9.17) is 14.2 Å². The van der Waals surface area contributed by atoms with Gasteiger partial charge < -0.3 is 29.1 Å². The molecule has 6 aliphatic rings. The number of carbonyl (C=O) groups excluding carboxylic acids is 4. The monoisotopic (exact) mass is 744 g/mol. The van der Waals surface area contributed by atoms with Gasteiger partial charge in [-0.05, 0) is 85.0 Å². The zero-order chi connectivity index (χ0) is 37.8. The van der Waals surface area contributed by atoms with Crippen molar-refractivity contribution in [3.05, 3.63) is 90.0 Å². The van der Waals surface area contributed by atoms with Crippen LogP contribution in [0.15, 0.2) is 84.5 Å². The molecule has 3 aromatic carbocycles. The molecule has 4 heterocycles. The van der Waals surface area contributed by atoms with Gasteiger partial charge in [0.05, 0.1) is 68.6 Å². The van der Waals surface area contributed by atoms with Gasteiger partial charge in [-0.2, -0.15) is 0 Å². The van der Waals surface area contributed by atoms with Crippen molar-refractivity contribution in [3.63, 3.8) is 0 Å². The molecular weight excluding hydrogens is 700 g/mol. The van der Waals surface area contributed by atoms with Gasteiger partial charge in [0, 0.05) is 43.5 Å². The molecule has 1 saturated carbocycles. The van der Waals surface area contributed by atoms with E-state index in [1.807, 2.05) is 66.8 Å². The Bertz CT molecular complexity index is 2070. The number of anilines is 4. The normalized spacial score (nSPS) is 28.1. The van der Waals surface area contributed by atoms with Gasteiger partial charge in [-0.3, -0.25) is 29.0 Å². The number of amides is 4. The van der Waals surface area contributed by atoms with Crippen LogP contribution in [0.1, 0.15) is 18.4 Å². The van der Waals surface area contributed by atoms with E-state index in [9.17, 15) is 24.3 Å². The zero-order valence-electron chi connectivity index (χ0n) is 30.7. The maximum atomic E-state index is 14.5. The average Bonchev–Trinajstić information content (AvgIpc) is 3.64. The molecule has 12 heteroatoms. The summed E-state index contributed by atoms with van der Waals surface area (Å²) in [4.78, 5) is 64.6. The second-order valence-corrected chi connectivity index (χ2v) is 15.1. The summed E-state index contributed by atoms with van der Waals surface area (Å²) in [7, 11) is 1.48. The molecule has 284 valence electrons. The number of hydrogen-bond donors (Lipinski definition) is 1. The number of benzene rings is 3. The van der Waals surface area contributed by atoms with Crippen LogP contribution in [0.2, 0.25) is 0 Å². The highest BCUT2D eigenvalue weighted by Gasteiger charge is 2.61. The van der Waals surface area contributed by atoms with E-state index in [0.29, 0.717) is 56.4 Å². The van der Waals surface area contributed by atoms with E-state index in [2.05, 4.69) is 9.80 Å². The highest BCUT2D eigenvalue weighted by atomic mass is 16.5. The second-order valence-electron chi connectivity index (χ2n) is 15.1. The third-order valence-electron chi connectivity index (χ3n) is 12.4. The molecular formula is C43H44N4O8. The van der Waals surface area contributed by atoms with E-state index >= 15 is 0 Å². The van der Waals surface area contributed by atoms with Crippen molar-refractivity contribution in [2.75, 3.05) is 79.3 Å². The van der Waals surface area contributed by atoms with E-state index in [1.165, 1.54) is 16.9 Å². The molecule has 12 nitrogen and oxygen atoms in total. The first-order valence-corrected chi connectivity index (χ1v) is 19.2. The third kappa shape index (κ3) is 6.08. The summed E-state index contributed by atoms with van der Waals surface area (Å²) in [6, 6.07) is 20.1. The first-order valence-electron chi connectivity index (χ1n) is 19.2. The van der Waals surface area contributed by atoms with Crippen LogP contribution in [0.25, 0.3) is 6.08 Å². The lowest BCUT2D eigenvalue weighted by Gasteiger charge is -2.42. The number of phenolic OH excluding ortho intramolecular Hbond substituents is 1. The van der Waals surface area contributed by atoms with Gasteiger partial charge >= 0.3 is 0 Å². The number of fused-ring (bicyclic) bond motifs is 4. The quantitative estimate of drug-likeness (QED) is 0.270. The Balaban J connectivity index is 1.04. The molecule has 6 atom stereocenters. The number of imide groups is 2. The number of rotatable bonds is 7. The predicted octanol–water partition coefficient (Wildman–Crippen LogP) is 4.67. The molecule has 4 aliphatic heterocycles. The fraction of sp³-hybridized carbons (Fsp3) is 0.395. The van der Waals surface area contributed by atoms with E-state index < -0.39 is 35.5 Å². The molecule has 5 fully saturated rings. The number of nitrogens with zero attached hydrogens (tertiary/aromatic N) is 4. The Morgan fingerprint density at radius 1 is 0.655 bits per heavy atom. The fourth-order valence-corrected chi connectivity index (χ4v) is 9.64. The summed E-state index contributed by atoms with van der Waals surface area (Å²) >= 11 is 0. The van der Waals surface area contributed by atoms with Crippen LogP contribution in [0.4, 0.5) is 22.7 Å². The molecule has 55 heavy (non-hydrogen) atoms. The molecule has 9 rings (SSSR count). The average molecular weight is 745 g/mol. The number of aromatic hydroxyl groups is 1. The van der Waals surface area contributed by atoms with Gasteiger partial charge in [0.2, 0.25) is 23.6 Å². The smallest absolute Gasteiger partial charge is 0.238 e. The van der Waals surface area contributed by atoms with Crippen LogP contribution >= 0.6 is 0 Å². The molecule has 0 radical (unpaired) electrons. The lowest BCUT2D eigenvalue weighted by molar-refractivity contribution is -0.126. The number of methoxy groups -OCH3 is 1. The van der Waals surface area contributed by atoms with Gasteiger partial charge in [0.25, 0.3) is 0 Å². The Hall–Kier alpha value is -5.46. The van der Waals surface area contributed by atoms with Gasteiger partial charge in [-0.25, -0.2) is 0 Å². The van der Waals surface area contributed by atoms with Crippen molar-refractivity contribution in [1.29, 1.82) is 0 Å². The van der Waals surface area contributed by atoms with E-state index in [1.54, 1.807) is 18.2 Å². The van der Waals surface area contributed by atoms with Crippen LogP contribution in [0.3, 0.4) is 0 Å². The second kappa shape index (κ2) is 14.3. The van der Waals surface area contributed by atoms with Crippen LogP contribution in [-0.4, -0.2) is 88.5 Å². The van der Waals surface area contributed by atoms with Gasteiger partial charge in [-0.1, -0.05) is 29.9 Å². The van der Waals surface area contributed by atoms with Gasteiger partial charge in [0.15, 0.2) is 11.5 Å². The highest BCUT2D eigenvalue weighted by Crippen LogP contribution is 2.56. The molecule has 2 aliphatic carbocycles. The molecule has 3 aromatic rings. The molecule has 1 N–H and O–H groups in total. The molecule has 0 bridgehead atoms. The Kier molecular flexibility index (Phi) is 9.18. The van der Waals surface area contributed by atoms with Crippen molar-refractivity contribution in [2.24, 2.45) is 35.5 Å². The number of carbonyl (C=O) groups is 4. The van der Waals surface area contributed by atoms with Crippen LogP contribution < -0.4 is 24.3 Å². The molecule has 0 spiro atoms. The van der Waals surface area contributed by atoms with Gasteiger partial charge in [0.1, 0.15) is 0 Å². The first-order chi connectivity index (χ1) is 26.8. The van der Waals surface area contributed by atoms with E-state index in [0.717, 1.165) is 48.7 Å². The highest BCUT2D eigenvalue weighted by molar-refractivity contribution is 6.24. The van der Waals surface area contributed by atoms with Crippen LogP contribution in [0, 0.1) is 35.5 Å². The van der Waals surface area contributed by atoms with Crippen LogP contribution in [-0.2, 0) is 28.7 Å². The zero-order valence-corrected chi connectivity index (χ0v) is 30.7. The SMILES string of the molecule is COc1cc(C=C[C@H]2C3=CC[C@@H]4C(=O)N(c5ccc(N6CCOCC6)cc5)C(=O)[C@@H]4[C@@H]3C[C@H]3C(=O)N(c4ccc(N5CCOCC5)cc4)C(=O)[C@@H]23)ccc1O. The minimum Gasteiger partial charge on any atom is -0.504 e. The van der Waals surface area contributed by atoms with Crippen molar-refractivity contribution < 1.29 is 38.5 Å². The Morgan fingerprint density at radius 3 is 1.75 bits per heavy atom. The predicted molar refractivity (Wildman–Crippen MR) is 206 cm³/mol. The summed E-state index contributed by atoms with van der Waals surface area (Å²) in [5.41, 5.74) is 4.72. The third-order valence-corrected chi connectivity index (χ3v) is 12.4. The van der Waals surface area contributed by atoms with Gasteiger partial charge in [-0.15, -0.1) is 0 Å². The largest absolute Gasteiger partial charge is 0.504 e. The lowest BCUT2D eigenvalue weighted by atomic mass is 9.58. The van der Waals surface area contributed by atoms with Crippen molar-refractivity contribution >= 4 is 52.5 Å². The minimum atomic E-state index is -0.684. The molecule has 0 aromatic heterocycles. The van der Waals surface area contributed by atoms with Crippen molar-refractivity contribution in [3.8, 4) is 11.5 Å². The molecule has 4 saturated heterocycles. The summed E-state index contributed by atoms with van der Waals surface area (Å²) in [6.45, 7) is 5.68. The minimum absolute atomic E-state index is 0.00928. The summed E-state index contributed by atoms with van der Waals surface area (Å²) in [6.07, 6.45) is 6.53. The van der Waals surface area contributed by atoms with Crippen molar-refractivity contribution in [1.82, 2.24) is 0 Å². The first kappa shape index (κ1) is 35.3. The lowest BCUT2D eigenvalue weighted by Crippen LogP contribution is -2.43. The summed E-state index contributed by atoms with van der Waals surface area (Å²) in [5.74, 6) is -4.20. The Labute approximate surface area is 319 Å². The number of allylic oxidation sites excluding steroid dienone is 3. The van der Waals surface area contributed by atoms with Crippen LogP contribution in [0.5, 0.6) is 11.5 Å². The number of morpholine rings is 2. The summed E-state index contributed by atoms with van der Waals surface area (Å²) < 4.78 is 16.3. The number of hydrogen-bond acceptors (Lipinski definition) is 10. The number of ether oxygens (including phenoxy) is 3. The maximum Gasteiger partial charge on any atom is 0.238 e. The summed E-state index contributed by atoms with van der Waals surface area (Å²) in [5, 5.41) is 10.2. The maximum absolute atomic E-state index is 14.5. The Morgan fingerprint density at radius 2 is 1.18 bits per heavy atom. The topological polar surface area (TPSA) is 129 Å². The molecule has 0 unspecified atom stereocenters.